The van der Waals surface area contributed by atoms with Gasteiger partial charge in [0.1, 0.15) is 11.3 Å². The summed E-state index contributed by atoms with van der Waals surface area (Å²) < 4.78 is 41.2. The van der Waals surface area contributed by atoms with E-state index < -0.39 is 29.5 Å². The molecule has 2 fully saturated rings. The molecule has 0 N–H and O–H groups in total. The fraction of sp³-hybridized carbons (Fsp3) is 0.765. The maximum Gasteiger partial charge on any atom is 0.283 e. The average Bonchev–Trinajstić information content (AvgIpc) is 3.13. The standard InChI is InChI=1S/C17H24F3N3O/c1-22-16(20)13(14(21-22)15(18)19)17(24)23-9-5-8-12(23)10-11-6-3-2-4-7-11/h11-12,15H,2-10H2,1H3. The number of rotatable bonds is 4. The van der Waals surface area contributed by atoms with E-state index in [0.717, 1.165) is 23.9 Å². The van der Waals surface area contributed by atoms with Crippen LogP contribution in [-0.4, -0.2) is 33.2 Å². The highest BCUT2D eigenvalue weighted by Crippen LogP contribution is 2.34. The molecular weight excluding hydrogens is 319 g/mol. The molecule has 0 spiro atoms. The van der Waals surface area contributed by atoms with Crippen LogP contribution in [0.15, 0.2) is 0 Å². The van der Waals surface area contributed by atoms with E-state index >= 15 is 0 Å². The van der Waals surface area contributed by atoms with Crippen molar-refractivity contribution in [2.24, 2.45) is 13.0 Å². The first kappa shape index (κ1) is 17.3. The van der Waals surface area contributed by atoms with Crippen molar-refractivity contribution in [2.45, 2.75) is 63.8 Å². The fourth-order valence-corrected chi connectivity index (χ4v) is 4.17. The third-order valence-corrected chi connectivity index (χ3v) is 5.39. The largest absolute Gasteiger partial charge is 0.335 e. The van der Waals surface area contributed by atoms with E-state index in [2.05, 4.69) is 5.10 Å². The minimum Gasteiger partial charge on any atom is -0.335 e. The number of amides is 1. The number of carbonyl (C=O) groups excluding carboxylic acids is 1. The number of halogens is 3. The lowest BCUT2D eigenvalue weighted by Gasteiger charge is -2.30. The van der Waals surface area contributed by atoms with Crippen molar-refractivity contribution in [3.05, 3.63) is 17.2 Å². The number of alkyl halides is 2. The Labute approximate surface area is 140 Å². The highest BCUT2D eigenvalue weighted by molar-refractivity contribution is 5.95. The van der Waals surface area contributed by atoms with Gasteiger partial charge in [-0.15, -0.1) is 0 Å². The van der Waals surface area contributed by atoms with Crippen molar-refractivity contribution in [3.63, 3.8) is 0 Å². The Morgan fingerprint density at radius 3 is 2.58 bits per heavy atom. The van der Waals surface area contributed by atoms with Gasteiger partial charge in [0.2, 0.25) is 5.95 Å². The first-order chi connectivity index (χ1) is 11.5. The molecule has 0 radical (unpaired) electrons. The maximum absolute atomic E-state index is 14.2. The summed E-state index contributed by atoms with van der Waals surface area (Å²) in [5.41, 5.74) is -1.30. The molecule has 1 aliphatic heterocycles. The molecule has 24 heavy (non-hydrogen) atoms. The van der Waals surface area contributed by atoms with Crippen LogP contribution < -0.4 is 0 Å². The van der Waals surface area contributed by atoms with Crippen LogP contribution in [0.5, 0.6) is 0 Å². The van der Waals surface area contributed by atoms with Crippen molar-refractivity contribution < 1.29 is 18.0 Å². The van der Waals surface area contributed by atoms with Gasteiger partial charge in [-0.05, 0) is 25.2 Å². The number of likely N-dealkylation sites (tertiary alicyclic amines) is 1. The van der Waals surface area contributed by atoms with Gasteiger partial charge in [-0.1, -0.05) is 32.1 Å². The van der Waals surface area contributed by atoms with Gasteiger partial charge in [0.25, 0.3) is 12.3 Å². The Hall–Kier alpha value is -1.53. The first-order valence-corrected chi connectivity index (χ1v) is 8.80. The third-order valence-electron chi connectivity index (χ3n) is 5.39. The number of aryl methyl sites for hydroxylation is 1. The lowest BCUT2D eigenvalue weighted by molar-refractivity contribution is 0.0694. The number of carbonyl (C=O) groups is 1. The summed E-state index contributed by atoms with van der Waals surface area (Å²) >= 11 is 0. The smallest absolute Gasteiger partial charge is 0.283 e. The van der Waals surface area contributed by atoms with Gasteiger partial charge < -0.3 is 4.90 Å². The third kappa shape index (κ3) is 3.30. The molecular formula is C17H24F3N3O. The normalized spacial score (nSPS) is 22.5. The molecule has 7 heteroatoms. The molecule has 1 amide bonds. The molecule has 1 aromatic rings. The Morgan fingerprint density at radius 2 is 1.92 bits per heavy atom. The van der Waals surface area contributed by atoms with Gasteiger partial charge in [-0.25, -0.2) is 13.5 Å². The quantitative estimate of drug-likeness (QED) is 0.826. The Morgan fingerprint density at radius 1 is 1.21 bits per heavy atom. The van der Waals surface area contributed by atoms with E-state index in [1.165, 1.54) is 39.2 Å². The van der Waals surface area contributed by atoms with E-state index in [0.29, 0.717) is 12.5 Å². The number of hydrogen-bond acceptors (Lipinski definition) is 2. The SMILES string of the molecule is Cn1nc(C(F)F)c(C(=O)N2CCCC2CC2CCCCC2)c1F. The molecule has 1 saturated carbocycles. The van der Waals surface area contributed by atoms with Crippen LogP contribution in [0.1, 0.15) is 73.8 Å². The minimum absolute atomic E-state index is 0.0331. The molecule has 1 saturated heterocycles. The van der Waals surface area contributed by atoms with Crippen molar-refractivity contribution in [3.8, 4) is 0 Å². The second-order valence-electron chi connectivity index (χ2n) is 7.01. The van der Waals surface area contributed by atoms with E-state index in [-0.39, 0.29) is 6.04 Å². The predicted octanol–water partition coefficient (Wildman–Crippen LogP) is 4.07. The zero-order valence-corrected chi connectivity index (χ0v) is 14.0. The van der Waals surface area contributed by atoms with Crippen LogP contribution in [0.3, 0.4) is 0 Å². The molecule has 3 rings (SSSR count). The Kier molecular flexibility index (Phi) is 5.15. The number of nitrogens with zero attached hydrogens (tertiary/aromatic N) is 3. The molecule has 2 aliphatic rings. The fourth-order valence-electron chi connectivity index (χ4n) is 4.17. The average molecular weight is 343 g/mol. The van der Waals surface area contributed by atoms with Gasteiger partial charge in [0, 0.05) is 19.6 Å². The zero-order chi connectivity index (χ0) is 17.3. The molecule has 0 aromatic carbocycles. The number of aromatic nitrogens is 2. The summed E-state index contributed by atoms with van der Waals surface area (Å²) in [7, 11) is 1.24. The van der Waals surface area contributed by atoms with Crippen LogP contribution in [0.2, 0.25) is 0 Å². The molecule has 0 bridgehead atoms. The van der Waals surface area contributed by atoms with E-state index in [1.54, 1.807) is 4.90 Å². The van der Waals surface area contributed by atoms with Gasteiger partial charge in [-0.3, -0.25) is 4.79 Å². The highest BCUT2D eigenvalue weighted by atomic mass is 19.3. The Bertz CT molecular complexity index is 596. The summed E-state index contributed by atoms with van der Waals surface area (Å²) in [6, 6.07) is 0.0331. The van der Waals surface area contributed by atoms with Gasteiger partial charge in [-0.2, -0.15) is 9.49 Å². The van der Waals surface area contributed by atoms with Crippen molar-refractivity contribution in [1.82, 2.24) is 14.7 Å². The second kappa shape index (κ2) is 7.15. The molecule has 1 aliphatic carbocycles. The van der Waals surface area contributed by atoms with Crippen molar-refractivity contribution in [1.29, 1.82) is 0 Å². The molecule has 1 unspecified atom stereocenters. The highest BCUT2D eigenvalue weighted by Gasteiger charge is 2.37. The van der Waals surface area contributed by atoms with Crippen molar-refractivity contribution in [2.75, 3.05) is 6.54 Å². The van der Waals surface area contributed by atoms with Crippen LogP contribution >= 0.6 is 0 Å². The van der Waals surface area contributed by atoms with Crippen LogP contribution in [0, 0.1) is 11.9 Å². The van der Waals surface area contributed by atoms with E-state index in [9.17, 15) is 18.0 Å². The summed E-state index contributed by atoms with van der Waals surface area (Å²) in [4.78, 5) is 14.4. The van der Waals surface area contributed by atoms with Gasteiger partial charge in [0.05, 0.1) is 0 Å². The van der Waals surface area contributed by atoms with Crippen LogP contribution in [0.25, 0.3) is 0 Å². The van der Waals surface area contributed by atoms with Crippen LogP contribution in [0.4, 0.5) is 13.2 Å². The predicted molar refractivity (Wildman–Crippen MR) is 83.4 cm³/mol. The van der Waals surface area contributed by atoms with Gasteiger partial charge >= 0.3 is 0 Å². The number of hydrogen-bond donors (Lipinski definition) is 0. The molecule has 1 aromatic heterocycles. The Balaban J connectivity index is 1.78. The summed E-state index contributed by atoms with van der Waals surface area (Å²) in [5, 5.41) is 3.49. The van der Waals surface area contributed by atoms with Crippen LogP contribution in [-0.2, 0) is 7.05 Å². The molecule has 2 heterocycles. The topological polar surface area (TPSA) is 38.1 Å². The monoisotopic (exact) mass is 343 g/mol. The lowest BCUT2D eigenvalue weighted by atomic mass is 9.84. The lowest BCUT2D eigenvalue weighted by Crippen LogP contribution is -2.37. The van der Waals surface area contributed by atoms with E-state index in [4.69, 9.17) is 0 Å². The minimum atomic E-state index is -2.96. The summed E-state index contributed by atoms with van der Waals surface area (Å²) in [6.07, 6.45) is 5.70. The molecule has 134 valence electrons. The second-order valence-corrected chi connectivity index (χ2v) is 7.01. The van der Waals surface area contributed by atoms with E-state index in [1.807, 2.05) is 0 Å². The molecule has 1 atom stereocenters. The molecule has 4 nitrogen and oxygen atoms in total. The summed E-state index contributed by atoms with van der Waals surface area (Å²) in [5.74, 6) is -1.02. The van der Waals surface area contributed by atoms with Crippen molar-refractivity contribution >= 4 is 5.91 Å². The first-order valence-electron chi connectivity index (χ1n) is 8.80. The maximum atomic E-state index is 14.2. The van der Waals surface area contributed by atoms with Gasteiger partial charge in [0.15, 0.2) is 0 Å². The zero-order valence-electron chi connectivity index (χ0n) is 14.0. The summed E-state index contributed by atoms with van der Waals surface area (Å²) in [6.45, 7) is 0.507.